The van der Waals surface area contributed by atoms with Crippen molar-refractivity contribution in [3.05, 3.63) is 130 Å². The maximum absolute atomic E-state index is 13.5. The van der Waals surface area contributed by atoms with E-state index < -0.39 is 26.0 Å². The van der Waals surface area contributed by atoms with E-state index in [9.17, 15) is 31.2 Å². The van der Waals surface area contributed by atoms with Crippen LogP contribution in [-0.2, 0) is 45.0 Å². The van der Waals surface area contributed by atoms with Gasteiger partial charge in [-0.3, -0.25) is 23.8 Å². The number of anilines is 4. The van der Waals surface area contributed by atoms with Crippen LogP contribution in [0.1, 0.15) is 126 Å². The number of aldehydes is 1. The molecule has 0 aliphatic heterocycles. The third-order valence-corrected chi connectivity index (χ3v) is 15.2. The average Bonchev–Trinajstić information content (AvgIpc) is 4.27. The van der Waals surface area contributed by atoms with Crippen LogP contribution in [0.3, 0.4) is 0 Å². The molecule has 4 aromatic carbocycles. The molecule has 23 nitrogen and oxygen atoms in total. The standard InChI is InChI=1S/C30H37N7O4S.C27H31N7O5S/c1-18-11-12-20(13-25(18)37-17-24(33-35-37)26-16-31-28(36(26)5)19-9-8-10-19)29(38)32-22-14-21(30(2,3)4)15-23(27(22)41-6)34-42(7,39)40;1-16-8-9-17(10-22(16)34-14-21(30-32-34)23-13-28-24(15-35)33(23)5)26(36)29-19-11-18(27(2,3)4)12-20(25(19)39-6)31-40(7,37)38/h11-17,19,34H,8-10H2,1-7H3,(H,32,38);8-15,31H,1-7H3,(H,29,36). The average molecular weight is 1160 g/mol. The Morgan fingerprint density at radius 2 is 1.04 bits per heavy atom. The molecule has 0 unspecified atom stereocenters. The first-order valence-electron chi connectivity index (χ1n) is 26.1. The first-order chi connectivity index (χ1) is 38.5. The van der Waals surface area contributed by atoms with Crippen molar-refractivity contribution in [2.24, 2.45) is 14.1 Å². The number of aryl methyl sites for hydroxylation is 2. The number of hydrogen-bond acceptors (Lipinski definition) is 15. The summed E-state index contributed by atoms with van der Waals surface area (Å²) in [5.74, 6) is 1.42. The summed E-state index contributed by atoms with van der Waals surface area (Å²) in [6, 6.07) is 17.5. The van der Waals surface area contributed by atoms with Gasteiger partial charge < -0.3 is 29.2 Å². The lowest BCUT2D eigenvalue weighted by Crippen LogP contribution is -2.18. The molecule has 0 radical (unpaired) electrons. The second kappa shape index (κ2) is 23.0. The van der Waals surface area contributed by atoms with E-state index in [1.54, 1.807) is 88.0 Å². The lowest BCUT2D eigenvalue weighted by atomic mass is 9.85. The number of sulfonamides is 2. The van der Waals surface area contributed by atoms with Crippen LogP contribution in [0, 0.1) is 13.8 Å². The van der Waals surface area contributed by atoms with E-state index in [4.69, 9.17) is 9.47 Å². The number of methoxy groups -OCH3 is 2. The molecule has 25 heteroatoms. The van der Waals surface area contributed by atoms with E-state index in [-0.39, 0.29) is 45.4 Å². The van der Waals surface area contributed by atoms with E-state index in [0.29, 0.717) is 63.2 Å². The van der Waals surface area contributed by atoms with Gasteiger partial charge in [-0.2, -0.15) is 0 Å². The summed E-state index contributed by atoms with van der Waals surface area (Å²) in [7, 11) is -0.661. The highest BCUT2D eigenvalue weighted by molar-refractivity contribution is 7.92. The van der Waals surface area contributed by atoms with Crippen molar-refractivity contribution in [3.8, 4) is 45.6 Å². The van der Waals surface area contributed by atoms with Crippen LogP contribution in [-0.4, -0.2) is 111 Å². The minimum absolute atomic E-state index is 0.186. The zero-order chi connectivity index (χ0) is 59.8. The van der Waals surface area contributed by atoms with Crippen molar-refractivity contribution < 1.29 is 40.7 Å². The molecule has 4 heterocycles. The Balaban J connectivity index is 0.000000215. The van der Waals surface area contributed by atoms with Crippen molar-refractivity contribution in [2.45, 2.75) is 91.4 Å². The summed E-state index contributed by atoms with van der Waals surface area (Å²) in [4.78, 5) is 46.9. The van der Waals surface area contributed by atoms with Gasteiger partial charge in [-0.25, -0.2) is 36.2 Å². The molecule has 1 saturated carbocycles. The second-order valence-electron chi connectivity index (χ2n) is 22.3. The quantitative estimate of drug-likeness (QED) is 0.0657. The van der Waals surface area contributed by atoms with Crippen LogP contribution >= 0.6 is 0 Å². The third-order valence-electron chi connectivity index (χ3n) is 14.0. The molecule has 1 aliphatic carbocycles. The fraction of sp³-hybridized carbons (Fsp3) is 0.351. The number of ether oxygens (including phenoxy) is 2. The third kappa shape index (κ3) is 13.2. The molecular weight excluding hydrogens is 1090 g/mol. The Bertz CT molecular complexity index is 3990. The van der Waals surface area contributed by atoms with E-state index >= 15 is 0 Å². The molecule has 8 aromatic rings. The number of carbonyl (C=O) groups excluding carboxylic acids is 3. The summed E-state index contributed by atoms with van der Waals surface area (Å²) in [5.41, 5.74) is 8.60. The lowest BCUT2D eigenvalue weighted by molar-refractivity contribution is 0.101. The van der Waals surface area contributed by atoms with E-state index in [0.717, 1.165) is 59.1 Å². The predicted octanol–water partition coefficient (Wildman–Crippen LogP) is 8.89. The number of hydrogen-bond donors (Lipinski definition) is 4. The molecule has 1 fully saturated rings. The maximum atomic E-state index is 13.5. The highest BCUT2D eigenvalue weighted by Gasteiger charge is 2.28. The molecule has 2 amide bonds. The zero-order valence-corrected chi connectivity index (χ0v) is 50.0. The number of imidazole rings is 2. The molecule has 0 atom stereocenters. The number of benzene rings is 4. The van der Waals surface area contributed by atoms with E-state index in [1.807, 2.05) is 80.9 Å². The van der Waals surface area contributed by atoms with Gasteiger partial charge in [0.1, 0.15) is 17.2 Å². The zero-order valence-electron chi connectivity index (χ0n) is 48.3. The van der Waals surface area contributed by atoms with E-state index in [2.05, 4.69) is 55.2 Å². The van der Waals surface area contributed by atoms with Gasteiger partial charge in [-0.15, -0.1) is 10.2 Å². The van der Waals surface area contributed by atoms with Gasteiger partial charge in [0.05, 0.1) is 97.0 Å². The van der Waals surface area contributed by atoms with Crippen LogP contribution in [0.4, 0.5) is 22.7 Å². The molecule has 432 valence electrons. The summed E-state index contributed by atoms with van der Waals surface area (Å²) in [5, 5.41) is 23.0. The van der Waals surface area contributed by atoms with E-state index in [1.165, 1.54) is 20.6 Å². The maximum Gasteiger partial charge on any atom is 0.255 e. The lowest BCUT2D eigenvalue weighted by Gasteiger charge is -2.24. The van der Waals surface area contributed by atoms with Gasteiger partial charge in [0.15, 0.2) is 23.6 Å². The van der Waals surface area contributed by atoms with Crippen molar-refractivity contribution >= 4 is 60.9 Å². The van der Waals surface area contributed by atoms with Crippen LogP contribution < -0.4 is 29.6 Å². The summed E-state index contributed by atoms with van der Waals surface area (Å²) in [6.45, 7) is 15.8. The topological polar surface area (TPSA) is 283 Å². The predicted molar refractivity (Wildman–Crippen MR) is 315 cm³/mol. The van der Waals surface area contributed by atoms with Crippen molar-refractivity contribution in [2.75, 3.05) is 46.8 Å². The second-order valence-corrected chi connectivity index (χ2v) is 25.8. The smallest absolute Gasteiger partial charge is 0.255 e. The normalized spacial score (nSPS) is 12.9. The largest absolute Gasteiger partial charge is 0.492 e. The Morgan fingerprint density at radius 1 is 0.622 bits per heavy atom. The van der Waals surface area contributed by atoms with Crippen LogP contribution in [0.5, 0.6) is 11.5 Å². The van der Waals surface area contributed by atoms with Crippen molar-refractivity contribution in [1.82, 2.24) is 49.1 Å². The highest BCUT2D eigenvalue weighted by Crippen LogP contribution is 2.42. The first kappa shape index (κ1) is 59.4. The Labute approximate surface area is 477 Å². The molecule has 0 bridgehead atoms. The highest BCUT2D eigenvalue weighted by atomic mass is 32.2. The number of aromatic nitrogens is 10. The minimum Gasteiger partial charge on any atom is -0.492 e. The van der Waals surface area contributed by atoms with Crippen molar-refractivity contribution in [3.63, 3.8) is 0 Å². The fourth-order valence-corrected chi connectivity index (χ4v) is 10.3. The molecule has 4 N–H and O–H groups in total. The van der Waals surface area contributed by atoms with Crippen LogP contribution in [0.15, 0.2) is 85.5 Å². The van der Waals surface area contributed by atoms with Crippen LogP contribution in [0.25, 0.3) is 34.2 Å². The van der Waals surface area contributed by atoms with Gasteiger partial charge in [0.2, 0.25) is 20.0 Å². The fourth-order valence-electron chi connectivity index (χ4n) is 9.16. The molecule has 82 heavy (non-hydrogen) atoms. The number of rotatable bonds is 16. The molecular formula is C57H68N14O9S2. The Hall–Kier alpha value is -8.71. The summed E-state index contributed by atoms with van der Waals surface area (Å²) < 4.78 is 71.2. The van der Waals surface area contributed by atoms with Crippen LogP contribution in [0.2, 0.25) is 0 Å². The van der Waals surface area contributed by atoms with Crippen molar-refractivity contribution in [1.29, 1.82) is 0 Å². The van der Waals surface area contributed by atoms with Gasteiger partial charge in [-0.1, -0.05) is 70.5 Å². The minimum atomic E-state index is -3.61. The number of amides is 2. The Morgan fingerprint density at radius 3 is 1.40 bits per heavy atom. The van der Waals surface area contributed by atoms with Gasteiger partial charge in [-0.05, 0) is 108 Å². The summed E-state index contributed by atoms with van der Waals surface area (Å²) >= 11 is 0. The molecule has 9 rings (SSSR count). The number of carbonyl (C=O) groups is 3. The number of nitrogens with one attached hydrogen (secondary N) is 4. The first-order valence-corrected chi connectivity index (χ1v) is 29.8. The summed E-state index contributed by atoms with van der Waals surface area (Å²) in [6.07, 6.45) is 13.2. The number of nitrogens with zero attached hydrogens (tertiary/aromatic N) is 10. The van der Waals surface area contributed by atoms with Gasteiger partial charge in [0, 0.05) is 31.1 Å². The van der Waals surface area contributed by atoms with Gasteiger partial charge in [0.25, 0.3) is 11.8 Å². The molecule has 0 saturated heterocycles. The SMILES string of the molecule is COc1c(NC(=O)c2ccc(C)c(-n3cc(-c4cnc(C5CCC5)n4C)nn3)c2)cc(C(C)(C)C)cc1NS(C)(=O)=O.COc1c(NC(=O)c2ccc(C)c(-n3cc(-c4cnc(C=O)n4C)nn3)c2)cc(C(C)(C)C)cc1NS(C)(=O)=O. The Kier molecular flexibility index (Phi) is 16.7. The molecule has 0 spiro atoms. The molecule has 1 aliphatic rings. The molecule has 4 aromatic heterocycles. The monoisotopic (exact) mass is 1160 g/mol. The van der Waals surface area contributed by atoms with Gasteiger partial charge >= 0.3 is 0 Å².